The molecular formula is C17H20N2O2S. The van der Waals surface area contributed by atoms with Gasteiger partial charge in [0.1, 0.15) is 0 Å². The number of pyridine rings is 1. The zero-order chi connectivity index (χ0) is 15.8. The van der Waals surface area contributed by atoms with Crippen LogP contribution in [0.5, 0.6) is 0 Å². The highest BCUT2D eigenvalue weighted by Crippen LogP contribution is 2.17. The topological polar surface area (TPSA) is 62.2 Å². The van der Waals surface area contributed by atoms with Crippen molar-refractivity contribution in [3.63, 3.8) is 0 Å². The minimum Gasteiger partial charge on any atom is -0.396 e. The molecule has 1 heterocycles. The monoisotopic (exact) mass is 316 g/mol. The second-order valence-corrected chi connectivity index (χ2v) is 5.84. The molecule has 0 aliphatic heterocycles. The van der Waals surface area contributed by atoms with Crippen molar-refractivity contribution >= 4 is 34.6 Å². The van der Waals surface area contributed by atoms with E-state index in [0.29, 0.717) is 6.42 Å². The van der Waals surface area contributed by atoms with Gasteiger partial charge < -0.3 is 10.4 Å². The average molecular weight is 316 g/mol. The van der Waals surface area contributed by atoms with Crippen molar-refractivity contribution < 1.29 is 9.90 Å². The second-order valence-electron chi connectivity index (χ2n) is 4.93. The van der Waals surface area contributed by atoms with Crippen molar-refractivity contribution in [2.24, 2.45) is 0 Å². The zero-order valence-corrected chi connectivity index (χ0v) is 13.3. The number of benzene rings is 1. The van der Waals surface area contributed by atoms with Crippen molar-refractivity contribution in [2.45, 2.75) is 12.5 Å². The Balaban J connectivity index is 2.08. The lowest BCUT2D eigenvalue weighted by Gasteiger charge is -2.15. The molecule has 1 unspecified atom stereocenters. The summed E-state index contributed by atoms with van der Waals surface area (Å²) in [5.74, 6) is 0.635. The van der Waals surface area contributed by atoms with Gasteiger partial charge in [-0.15, -0.1) is 0 Å². The molecule has 116 valence electrons. The molecule has 5 heteroatoms. The molecule has 0 bridgehead atoms. The van der Waals surface area contributed by atoms with E-state index in [1.165, 1.54) is 6.08 Å². The number of hydrogen-bond acceptors (Lipinski definition) is 4. The van der Waals surface area contributed by atoms with E-state index in [4.69, 9.17) is 5.11 Å². The third kappa shape index (κ3) is 4.58. The van der Waals surface area contributed by atoms with Crippen LogP contribution in [0.4, 0.5) is 0 Å². The number of para-hydroxylation sites is 1. The third-order valence-corrected chi connectivity index (χ3v) is 4.01. The molecular weight excluding hydrogens is 296 g/mol. The van der Waals surface area contributed by atoms with Crippen LogP contribution in [-0.4, -0.2) is 40.7 Å². The van der Waals surface area contributed by atoms with Crippen LogP contribution >= 0.6 is 11.8 Å². The van der Waals surface area contributed by atoms with E-state index < -0.39 is 0 Å². The lowest BCUT2D eigenvalue weighted by atomic mass is 10.1. The first-order chi connectivity index (χ1) is 10.7. The van der Waals surface area contributed by atoms with Crippen LogP contribution < -0.4 is 5.32 Å². The summed E-state index contributed by atoms with van der Waals surface area (Å²) >= 11 is 1.65. The molecule has 22 heavy (non-hydrogen) atoms. The maximum atomic E-state index is 12.0. The van der Waals surface area contributed by atoms with Gasteiger partial charge in [0, 0.05) is 41.6 Å². The number of fused-ring (bicyclic) bond motifs is 1. The SMILES string of the molecule is CSCC(CCO)NC(=O)/C=C/c1cccc2cccnc12. The van der Waals surface area contributed by atoms with E-state index in [2.05, 4.69) is 10.3 Å². The van der Waals surface area contributed by atoms with Crippen molar-refractivity contribution in [1.29, 1.82) is 0 Å². The summed E-state index contributed by atoms with van der Waals surface area (Å²) in [4.78, 5) is 16.4. The van der Waals surface area contributed by atoms with Crippen LogP contribution in [0, 0.1) is 0 Å². The standard InChI is InChI=1S/C17H20N2O2S/c1-22-12-15(9-11-20)19-16(21)8-7-14-5-2-4-13-6-3-10-18-17(13)14/h2-8,10,15,20H,9,11-12H2,1H3,(H,19,21)/b8-7+. The van der Waals surface area contributed by atoms with Crippen LogP contribution in [0.2, 0.25) is 0 Å². The predicted octanol–water partition coefficient (Wildman–Crippen LogP) is 2.48. The van der Waals surface area contributed by atoms with Crippen molar-refractivity contribution in [1.82, 2.24) is 10.3 Å². The van der Waals surface area contributed by atoms with Gasteiger partial charge in [0.15, 0.2) is 0 Å². The Hall–Kier alpha value is -1.85. The van der Waals surface area contributed by atoms with Crippen LogP contribution in [-0.2, 0) is 4.79 Å². The molecule has 0 radical (unpaired) electrons. The molecule has 2 N–H and O–H groups in total. The molecule has 0 saturated heterocycles. The Morgan fingerprint density at radius 1 is 1.41 bits per heavy atom. The number of aliphatic hydroxyl groups is 1. The van der Waals surface area contributed by atoms with Crippen LogP contribution in [0.15, 0.2) is 42.6 Å². The Labute approximate surface area is 134 Å². The van der Waals surface area contributed by atoms with Gasteiger partial charge in [0.05, 0.1) is 5.52 Å². The number of nitrogens with one attached hydrogen (secondary N) is 1. The quantitative estimate of drug-likeness (QED) is 0.770. The molecule has 1 aromatic carbocycles. The minimum atomic E-state index is -0.152. The van der Waals surface area contributed by atoms with Crippen LogP contribution in [0.1, 0.15) is 12.0 Å². The smallest absolute Gasteiger partial charge is 0.244 e. The molecule has 0 fully saturated rings. The van der Waals surface area contributed by atoms with E-state index in [9.17, 15) is 4.79 Å². The number of rotatable bonds is 7. The van der Waals surface area contributed by atoms with Gasteiger partial charge in [-0.25, -0.2) is 0 Å². The van der Waals surface area contributed by atoms with Gasteiger partial charge in [-0.3, -0.25) is 9.78 Å². The van der Waals surface area contributed by atoms with E-state index in [0.717, 1.165) is 22.2 Å². The molecule has 1 amide bonds. The summed E-state index contributed by atoms with van der Waals surface area (Å²) in [6.45, 7) is 0.0719. The number of nitrogens with zero attached hydrogens (tertiary/aromatic N) is 1. The van der Waals surface area contributed by atoms with Gasteiger partial charge >= 0.3 is 0 Å². The Morgan fingerprint density at radius 3 is 3.00 bits per heavy atom. The lowest BCUT2D eigenvalue weighted by Crippen LogP contribution is -2.36. The summed E-state index contributed by atoms with van der Waals surface area (Å²) in [7, 11) is 0. The van der Waals surface area contributed by atoms with Gasteiger partial charge in [-0.2, -0.15) is 11.8 Å². The number of amides is 1. The van der Waals surface area contributed by atoms with Crippen molar-refractivity contribution in [3.8, 4) is 0 Å². The molecule has 4 nitrogen and oxygen atoms in total. The van der Waals surface area contributed by atoms with E-state index >= 15 is 0 Å². The van der Waals surface area contributed by atoms with Crippen LogP contribution in [0.25, 0.3) is 17.0 Å². The molecule has 2 rings (SSSR count). The molecule has 1 aromatic heterocycles. The third-order valence-electron chi connectivity index (χ3n) is 3.27. The van der Waals surface area contributed by atoms with Gasteiger partial charge in [-0.1, -0.05) is 24.3 Å². The van der Waals surface area contributed by atoms with Crippen molar-refractivity contribution in [3.05, 3.63) is 48.2 Å². The first-order valence-electron chi connectivity index (χ1n) is 7.16. The van der Waals surface area contributed by atoms with Gasteiger partial charge in [0.2, 0.25) is 5.91 Å². The maximum absolute atomic E-state index is 12.0. The Bertz CT molecular complexity index is 647. The molecule has 0 aliphatic rings. The summed E-state index contributed by atoms with van der Waals surface area (Å²) in [6.07, 6.45) is 7.59. The largest absolute Gasteiger partial charge is 0.396 e. The summed E-state index contributed by atoms with van der Waals surface area (Å²) < 4.78 is 0. The maximum Gasteiger partial charge on any atom is 0.244 e. The van der Waals surface area contributed by atoms with Gasteiger partial charge in [0.25, 0.3) is 0 Å². The number of aliphatic hydroxyl groups excluding tert-OH is 1. The van der Waals surface area contributed by atoms with E-state index in [1.54, 1.807) is 24.0 Å². The fourth-order valence-corrected chi connectivity index (χ4v) is 2.88. The summed E-state index contributed by atoms with van der Waals surface area (Å²) in [5, 5.41) is 13.0. The first-order valence-corrected chi connectivity index (χ1v) is 8.56. The second kappa shape index (κ2) is 8.56. The fourth-order valence-electron chi connectivity index (χ4n) is 2.23. The lowest BCUT2D eigenvalue weighted by molar-refractivity contribution is -0.117. The highest BCUT2D eigenvalue weighted by Gasteiger charge is 2.09. The summed E-state index contributed by atoms with van der Waals surface area (Å²) in [6, 6.07) is 9.76. The molecule has 1 atom stereocenters. The average Bonchev–Trinajstić information content (AvgIpc) is 2.53. The normalized spacial score (nSPS) is 12.6. The number of thioether (sulfide) groups is 1. The predicted molar refractivity (Wildman–Crippen MR) is 92.8 cm³/mol. The molecule has 2 aromatic rings. The first kappa shape index (κ1) is 16.5. The highest BCUT2D eigenvalue weighted by molar-refractivity contribution is 7.98. The molecule has 0 spiro atoms. The molecule has 0 saturated carbocycles. The van der Waals surface area contributed by atoms with Crippen molar-refractivity contribution in [2.75, 3.05) is 18.6 Å². The molecule has 0 aliphatic carbocycles. The highest BCUT2D eigenvalue weighted by atomic mass is 32.2. The number of aromatic nitrogens is 1. The number of carbonyl (C=O) groups excluding carboxylic acids is 1. The zero-order valence-electron chi connectivity index (χ0n) is 12.5. The van der Waals surface area contributed by atoms with E-state index in [-0.39, 0.29) is 18.6 Å². The number of hydrogen-bond donors (Lipinski definition) is 2. The number of carbonyl (C=O) groups is 1. The fraction of sp³-hybridized carbons (Fsp3) is 0.294. The Morgan fingerprint density at radius 2 is 2.23 bits per heavy atom. The van der Waals surface area contributed by atoms with Gasteiger partial charge in [-0.05, 0) is 24.8 Å². The van der Waals surface area contributed by atoms with E-state index in [1.807, 2.05) is 36.6 Å². The van der Waals surface area contributed by atoms with Crippen LogP contribution in [0.3, 0.4) is 0 Å². The Kier molecular flexibility index (Phi) is 6.43. The summed E-state index contributed by atoms with van der Waals surface area (Å²) in [5.41, 5.74) is 1.79. The minimum absolute atomic E-state index is 0.0113.